The lowest BCUT2D eigenvalue weighted by Gasteiger charge is -2.26. The molecule has 0 aromatic heterocycles. The van der Waals surface area contributed by atoms with Crippen LogP contribution in [-0.4, -0.2) is 11.6 Å². The molecule has 2 heteroatoms. The summed E-state index contributed by atoms with van der Waals surface area (Å²) in [6, 6.07) is 6.24. The van der Waals surface area contributed by atoms with Crippen molar-refractivity contribution in [3.63, 3.8) is 0 Å². The smallest absolute Gasteiger partial charge is 0.166 e. The summed E-state index contributed by atoms with van der Waals surface area (Å²) in [5.41, 5.74) is 3.20. The highest BCUT2D eigenvalue weighted by Gasteiger charge is 2.29. The van der Waals surface area contributed by atoms with Gasteiger partial charge in [-0.3, -0.25) is 4.79 Å². The van der Waals surface area contributed by atoms with Gasteiger partial charge in [-0.05, 0) is 42.4 Å². The molecule has 0 heterocycles. The van der Waals surface area contributed by atoms with Crippen LogP contribution in [0.5, 0.6) is 0 Å². The molecule has 1 aromatic carbocycles. The molecule has 2 rings (SSSR count). The zero-order valence-electron chi connectivity index (χ0n) is 12.2. The van der Waals surface area contributed by atoms with Crippen molar-refractivity contribution in [2.45, 2.75) is 52.4 Å². The van der Waals surface area contributed by atoms with Gasteiger partial charge in [0.1, 0.15) is 5.78 Å². The Morgan fingerprint density at radius 1 is 1.32 bits per heavy atom. The average molecular weight is 258 g/mol. The minimum Gasteiger partial charge on any atom is -0.300 e. The second-order valence-corrected chi connectivity index (χ2v) is 6.63. The predicted molar refractivity (Wildman–Crippen MR) is 76.6 cm³/mol. The number of hydrogen-bond donors (Lipinski definition) is 0. The van der Waals surface area contributed by atoms with Crippen LogP contribution in [0.15, 0.2) is 18.2 Å². The van der Waals surface area contributed by atoms with E-state index in [0.717, 1.165) is 24.0 Å². The third-order valence-electron chi connectivity index (χ3n) is 3.91. The topological polar surface area (TPSA) is 34.1 Å². The van der Waals surface area contributed by atoms with Gasteiger partial charge in [-0.1, -0.05) is 32.9 Å². The molecule has 0 N–H and O–H groups in total. The van der Waals surface area contributed by atoms with Gasteiger partial charge in [-0.25, -0.2) is 0 Å². The van der Waals surface area contributed by atoms with E-state index in [2.05, 4.69) is 32.9 Å². The van der Waals surface area contributed by atoms with E-state index in [1.165, 1.54) is 5.56 Å². The van der Waals surface area contributed by atoms with Crippen molar-refractivity contribution >= 4 is 11.6 Å². The summed E-state index contributed by atoms with van der Waals surface area (Å²) in [4.78, 5) is 23.7. The summed E-state index contributed by atoms with van der Waals surface area (Å²) in [5.74, 6) is 0.150. The van der Waals surface area contributed by atoms with E-state index in [-0.39, 0.29) is 22.9 Å². The van der Waals surface area contributed by atoms with E-state index in [4.69, 9.17) is 0 Å². The number of carbonyl (C=O) groups excluding carboxylic acids is 2. The molecule has 0 amide bonds. The summed E-state index contributed by atoms with van der Waals surface area (Å²) in [6.45, 7) is 8.01. The molecule has 0 spiro atoms. The first kappa shape index (κ1) is 14.0. The van der Waals surface area contributed by atoms with Gasteiger partial charge in [-0.15, -0.1) is 0 Å². The molecular formula is C17H22O2. The molecule has 0 saturated carbocycles. The Balaban J connectivity index is 2.36. The van der Waals surface area contributed by atoms with Crippen molar-refractivity contribution in [2.24, 2.45) is 5.92 Å². The molecule has 0 fully saturated rings. The number of carbonyl (C=O) groups is 2. The lowest BCUT2D eigenvalue weighted by Crippen LogP contribution is -2.25. The molecular weight excluding hydrogens is 236 g/mol. The van der Waals surface area contributed by atoms with Crippen LogP contribution in [-0.2, 0) is 16.6 Å². The van der Waals surface area contributed by atoms with Crippen molar-refractivity contribution in [2.75, 3.05) is 0 Å². The van der Waals surface area contributed by atoms with Gasteiger partial charge in [0.2, 0.25) is 0 Å². The number of benzene rings is 1. The van der Waals surface area contributed by atoms with E-state index in [9.17, 15) is 9.59 Å². The summed E-state index contributed by atoms with van der Waals surface area (Å²) < 4.78 is 0. The van der Waals surface area contributed by atoms with E-state index in [1.54, 1.807) is 6.92 Å². The van der Waals surface area contributed by atoms with Crippen LogP contribution in [0, 0.1) is 5.92 Å². The van der Waals surface area contributed by atoms with Crippen LogP contribution in [0.2, 0.25) is 0 Å². The molecule has 102 valence electrons. The number of Topliss-reactive ketones (excluding diaryl/α,β-unsaturated/α-hetero) is 2. The summed E-state index contributed by atoms with van der Waals surface area (Å²) in [7, 11) is 0. The molecule has 1 atom stereocenters. The van der Waals surface area contributed by atoms with Gasteiger partial charge < -0.3 is 4.79 Å². The Morgan fingerprint density at radius 2 is 2.00 bits per heavy atom. The number of fused-ring (bicyclic) bond motifs is 1. The molecule has 0 bridgehead atoms. The fraction of sp³-hybridized carbons (Fsp3) is 0.529. The van der Waals surface area contributed by atoms with Crippen molar-refractivity contribution in [3.8, 4) is 0 Å². The number of rotatable bonds is 2. The van der Waals surface area contributed by atoms with Crippen LogP contribution < -0.4 is 0 Å². The molecule has 0 saturated heterocycles. The standard InChI is InChI=1S/C17H22O2/c1-11(18)9-13-6-5-12-7-8-14(17(2,3)4)10-15(12)16(13)19/h7-8,10,13H,5-6,9H2,1-4H3. The molecule has 1 unspecified atom stereocenters. The van der Waals surface area contributed by atoms with Crippen molar-refractivity contribution in [1.29, 1.82) is 0 Å². The SMILES string of the molecule is CC(=O)CC1CCc2ccc(C(C)(C)C)cc2C1=O. The number of ketones is 2. The summed E-state index contributed by atoms with van der Waals surface area (Å²) >= 11 is 0. The van der Waals surface area contributed by atoms with Gasteiger partial charge in [0.25, 0.3) is 0 Å². The van der Waals surface area contributed by atoms with Gasteiger partial charge in [0.15, 0.2) is 5.78 Å². The highest BCUT2D eigenvalue weighted by molar-refractivity contribution is 6.02. The van der Waals surface area contributed by atoms with Crippen LogP contribution in [0.3, 0.4) is 0 Å². The Labute approximate surface area is 115 Å². The van der Waals surface area contributed by atoms with Gasteiger partial charge in [0.05, 0.1) is 0 Å². The molecule has 1 aliphatic rings. The van der Waals surface area contributed by atoms with E-state index < -0.39 is 0 Å². The number of aryl methyl sites for hydroxylation is 1. The van der Waals surface area contributed by atoms with Crippen molar-refractivity contribution < 1.29 is 9.59 Å². The summed E-state index contributed by atoms with van der Waals surface area (Å²) in [5, 5.41) is 0. The van der Waals surface area contributed by atoms with Crippen LogP contribution >= 0.6 is 0 Å². The molecule has 2 nitrogen and oxygen atoms in total. The van der Waals surface area contributed by atoms with E-state index >= 15 is 0 Å². The zero-order chi connectivity index (χ0) is 14.2. The normalized spacial score (nSPS) is 19.2. The first-order valence-electron chi connectivity index (χ1n) is 6.96. The van der Waals surface area contributed by atoms with Gasteiger partial charge in [0, 0.05) is 17.9 Å². The maximum atomic E-state index is 12.5. The van der Waals surface area contributed by atoms with Crippen LogP contribution in [0.4, 0.5) is 0 Å². The monoisotopic (exact) mass is 258 g/mol. The lowest BCUT2D eigenvalue weighted by molar-refractivity contribution is -0.117. The minimum atomic E-state index is -0.111. The van der Waals surface area contributed by atoms with Gasteiger partial charge >= 0.3 is 0 Å². The Bertz CT molecular complexity index is 521. The molecule has 19 heavy (non-hydrogen) atoms. The van der Waals surface area contributed by atoms with E-state index in [1.807, 2.05) is 6.07 Å². The largest absolute Gasteiger partial charge is 0.300 e. The fourth-order valence-corrected chi connectivity index (χ4v) is 2.71. The molecule has 1 aromatic rings. The molecule has 1 aliphatic carbocycles. The quantitative estimate of drug-likeness (QED) is 0.810. The van der Waals surface area contributed by atoms with Crippen LogP contribution in [0.1, 0.15) is 62.0 Å². The third-order valence-corrected chi connectivity index (χ3v) is 3.91. The van der Waals surface area contributed by atoms with Gasteiger partial charge in [-0.2, -0.15) is 0 Å². The Hall–Kier alpha value is -1.44. The highest BCUT2D eigenvalue weighted by atomic mass is 16.1. The van der Waals surface area contributed by atoms with Crippen molar-refractivity contribution in [1.82, 2.24) is 0 Å². The fourth-order valence-electron chi connectivity index (χ4n) is 2.71. The highest BCUT2D eigenvalue weighted by Crippen LogP contribution is 2.31. The number of hydrogen-bond acceptors (Lipinski definition) is 2. The first-order valence-corrected chi connectivity index (χ1v) is 6.96. The third kappa shape index (κ3) is 2.94. The maximum Gasteiger partial charge on any atom is 0.166 e. The maximum absolute atomic E-state index is 12.5. The zero-order valence-corrected chi connectivity index (χ0v) is 12.2. The average Bonchev–Trinajstić information content (AvgIpc) is 2.31. The Morgan fingerprint density at radius 3 is 2.58 bits per heavy atom. The Kier molecular flexibility index (Phi) is 3.62. The predicted octanol–water partition coefficient (Wildman–Crippen LogP) is 3.71. The second-order valence-electron chi connectivity index (χ2n) is 6.63. The van der Waals surface area contributed by atoms with Crippen LogP contribution in [0.25, 0.3) is 0 Å². The lowest BCUT2D eigenvalue weighted by atomic mass is 9.77. The first-order chi connectivity index (χ1) is 8.79. The second kappa shape index (κ2) is 4.92. The molecule has 0 radical (unpaired) electrons. The van der Waals surface area contributed by atoms with Crippen molar-refractivity contribution in [3.05, 3.63) is 34.9 Å². The minimum absolute atomic E-state index is 0.0445. The summed E-state index contributed by atoms with van der Waals surface area (Å²) in [6.07, 6.45) is 2.10. The molecule has 0 aliphatic heterocycles. The van der Waals surface area contributed by atoms with E-state index in [0.29, 0.717) is 6.42 Å².